The van der Waals surface area contributed by atoms with Crippen LogP contribution < -0.4 is 0 Å². The van der Waals surface area contributed by atoms with E-state index in [1.165, 1.54) is 0 Å². The molecule has 81 valence electrons. The normalized spacial score (nSPS) is 7.00. The molecule has 0 nitrogen and oxygen atoms in total. The smallest absolute Gasteiger partial charge is 0.171 e. The van der Waals surface area contributed by atoms with E-state index in [-0.39, 0.29) is 15.3 Å². The first-order valence-corrected chi connectivity index (χ1v) is 8.97. The maximum Gasteiger partial charge on any atom is -0.171 e. The molecule has 0 fully saturated rings. The van der Waals surface area contributed by atoms with Gasteiger partial charge in [-0.15, -0.1) is 0 Å². The molecule has 1 rings (SSSR count). The molecular weight excluding hydrogens is 290 g/mol. The fourth-order valence-electron chi connectivity index (χ4n) is 0.342. The van der Waals surface area contributed by atoms with Crippen molar-refractivity contribution in [3.8, 4) is 0 Å². The van der Waals surface area contributed by atoms with Gasteiger partial charge >= 0.3 is 27.9 Å². The molecule has 0 aliphatic rings. The van der Waals surface area contributed by atoms with Gasteiger partial charge in [-0.25, -0.2) is 0 Å². The van der Waals surface area contributed by atoms with Crippen LogP contribution in [-0.2, 0) is 13.7 Å². The summed E-state index contributed by atoms with van der Waals surface area (Å²) in [6.45, 7) is 6.81. The summed E-state index contributed by atoms with van der Waals surface area (Å²) in [5.41, 5.74) is 0. The van der Waals surface area contributed by atoms with Crippen LogP contribution in [0.2, 0.25) is 0 Å². The van der Waals surface area contributed by atoms with Gasteiger partial charge < -0.3 is 7.43 Å². The summed E-state index contributed by atoms with van der Waals surface area (Å²) in [4.78, 5) is 0. The Morgan fingerprint density at radius 1 is 1.00 bits per heavy atom. The SMILES string of the molecule is C[PH+](C)C.[CH3-].[Ni][Br].[c-]1ccccc1. The minimum Gasteiger partial charge on any atom is -0.184 e. The van der Waals surface area contributed by atoms with Crippen molar-refractivity contribution in [2.75, 3.05) is 20.0 Å². The number of benzene rings is 1. The number of hydrogen-bond acceptors (Lipinski definition) is 0. The zero-order valence-electron chi connectivity index (χ0n) is 8.58. The van der Waals surface area contributed by atoms with E-state index in [0.29, 0.717) is 0 Å². The third kappa shape index (κ3) is 32.5. The van der Waals surface area contributed by atoms with Crippen molar-refractivity contribution >= 4 is 22.1 Å². The van der Waals surface area contributed by atoms with Gasteiger partial charge in [0, 0.05) is 20.0 Å². The van der Waals surface area contributed by atoms with Crippen molar-refractivity contribution in [1.82, 2.24) is 0 Å². The van der Waals surface area contributed by atoms with E-state index >= 15 is 0 Å². The van der Waals surface area contributed by atoms with Gasteiger partial charge in [-0.2, -0.15) is 36.4 Å². The van der Waals surface area contributed by atoms with Gasteiger partial charge in [0.15, 0.2) is 0 Å². The van der Waals surface area contributed by atoms with Crippen LogP contribution >= 0.6 is 22.1 Å². The summed E-state index contributed by atoms with van der Waals surface area (Å²) >= 11 is 6.25. The van der Waals surface area contributed by atoms with Gasteiger partial charge in [0.1, 0.15) is 0 Å². The largest absolute Gasteiger partial charge is 0.184 e. The average molecular weight is 308 g/mol. The zero-order valence-corrected chi connectivity index (χ0v) is 12.2. The standard InChI is InChI=1S/C6H5.C3H9P.CH3.BrH.Ni/c1-2-4-6-5-3-1;1-4(2)3;;;/h1-5H;1-3H3;1H3;1H;/q-1;;-1;;+1. The van der Waals surface area contributed by atoms with E-state index in [1.54, 1.807) is 0 Å². The maximum atomic E-state index is 3.69. The van der Waals surface area contributed by atoms with Crippen molar-refractivity contribution in [2.45, 2.75) is 0 Å². The Labute approximate surface area is 99.4 Å². The molecule has 0 spiro atoms. The Balaban J connectivity index is -0.000000128. The third-order valence-corrected chi connectivity index (χ3v) is 0.607. The summed E-state index contributed by atoms with van der Waals surface area (Å²) in [6, 6.07) is 12.5. The molecule has 3 heteroatoms. The molecule has 1 aromatic carbocycles. The van der Waals surface area contributed by atoms with Gasteiger partial charge in [0.2, 0.25) is 0 Å². The van der Waals surface area contributed by atoms with Crippen LogP contribution in [0.4, 0.5) is 0 Å². The van der Waals surface area contributed by atoms with Crippen LogP contribution in [0.15, 0.2) is 30.3 Å². The molecule has 0 radical (unpaired) electrons. The monoisotopic (exact) mass is 306 g/mol. The van der Waals surface area contributed by atoms with Crippen molar-refractivity contribution in [3.63, 3.8) is 0 Å². The minimum atomic E-state index is 0. The molecule has 0 bridgehead atoms. The van der Waals surface area contributed by atoms with E-state index in [0.717, 1.165) is 0 Å². The average Bonchev–Trinajstić information content (AvgIpc) is 2.10. The first-order chi connectivity index (χ1) is 5.73. The summed E-state index contributed by atoms with van der Waals surface area (Å²) < 4.78 is 0. The Morgan fingerprint density at radius 2 is 1.31 bits per heavy atom. The molecule has 0 aromatic heterocycles. The van der Waals surface area contributed by atoms with Gasteiger partial charge in [0.25, 0.3) is 0 Å². The minimum absolute atomic E-state index is 0. The molecule has 0 N–H and O–H groups in total. The number of rotatable bonds is 0. The van der Waals surface area contributed by atoms with Gasteiger partial charge in [-0.3, -0.25) is 0 Å². The van der Waals surface area contributed by atoms with Crippen molar-refractivity contribution in [1.29, 1.82) is 0 Å². The Kier molecular flexibility index (Phi) is 27.2. The fraction of sp³-hybridized carbons (Fsp3) is 0.300. The summed E-state index contributed by atoms with van der Waals surface area (Å²) in [7, 11) is 0.120. The van der Waals surface area contributed by atoms with Gasteiger partial charge in [0.05, 0.1) is 0 Å². The molecular formula is C10H18BrNiP-. The van der Waals surface area contributed by atoms with Crippen LogP contribution in [0.5, 0.6) is 0 Å². The summed E-state index contributed by atoms with van der Waals surface area (Å²) in [6.07, 6.45) is 0. The van der Waals surface area contributed by atoms with E-state index in [9.17, 15) is 0 Å². The van der Waals surface area contributed by atoms with E-state index in [1.807, 2.05) is 30.3 Å². The summed E-state index contributed by atoms with van der Waals surface area (Å²) in [5, 5.41) is 0. The predicted octanol–water partition coefficient (Wildman–Crippen LogP) is 3.87. The molecule has 1 aromatic rings. The fourth-order valence-corrected chi connectivity index (χ4v) is 0.342. The summed E-state index contributed by atoms with van der Waals surface area (Å²) in [5.74, 6) is 0. The van der Waals surface area contributed by atoms with Crippen LogP contribution in [0.3, 0.4) is 0 Å². The van der Waals surface area contributed by atoms with Crippen LogP contribution in [0, 0.1) is 13.5 Å². The van der Waals surface area contributed by atoms with Crippen molar-refractivity contribution in [2.24, 2.45) is 0 Å². The van der Waals surface area contributed by atoms with E-state index in [2.05, 4.69) is 54.0 Å². The molecule has 13 heavy (non-hydrogen) atoms. The second kappa shape index (κ2) is 18.4. The second-order valence-corrected chi connectivity index (χ2v) is 5.58. The number of hydrogen-bond donors (Lipinski definition) is 0. The third-order valence-electron chi connectivity index (χ3n) is 0.607. The Bertz CT molecular complexity index is 115. The zero-order chi connectivity index (χ0) is 9.82. The molecule has 0 unspecified atom stereocenters. The number of halogens is 1. The quantitative estimate of drug-likeness (QED) is 0.388. The molecule has 0 atom stereocenters. The van der Waals surface area contributed by atoms with E-state index < -0.39 is 0 Å². The van der Waals surface area contributed by atoms with Crippen molar-refractivity contribution < 1.29 is 13.7 Å². The molecule has 0 saturated carbocycles. The van der Waals surface area contributed by atoms with E-state index in [4.69, 9.17) is 0 Å². The molecule has 0 amide bonds. The topological polar surface area (TPSA) is 0 Å². The van der Waals surface area contributed by atoms with Gasteiger partial charge in [-0.1, -0.05) is 0 Å². The first kappa shape index (κ1) is 19.2. The predicted molar refractivity (Wildman–Crippen MR) is 66.7 cm³/mol. The molecule has 0 heterocycles. The molecule has 0 aliphatic carbocycles. The van der Waals surface area contributed by atoms with Crippen LogP contribution in [-0.4, -0.2) is 20.0 Å². The Hall–Kier alpha value is 0.624. The molecule has 0 aliphatic heterocycles. The maximum absolute atomic E-state index is 3.69. The van der Waals surface area contributed by atoms with Crippen LogP contribution in [0.25, 0.3) is 0 Å². The Morgan fingerprint density at radius 3 is 1.38 bits per heavy atom. The second-order valence-electron chi connectivity index (χ2n) is 2.58. The van der Waals surface area contributed by atoms with Crippen LogP contribution in [0.1, 0.15) is 0 Å². The van der Waals surface area contributed by atoms with Crippen molar-refractivity contribution in [3.05, 3.63) is 43.8 Å². The van der Waals surface area contributed by atoms with Gasteiger partial charge in [-0.05, 0) is 7.92 Å². The first-order valence-electron chi connectivity index (χ1n) is 3.53. The molecule has 0 saturated heterocycles.